The van der Waals surface area contributed by atoms with Gasteiger partial charge in [0.25, 0.3) is 0 Å². The molecule has 0 spiro atoms. The lowest BCUT2D eigenvalue weighted by molar-refractivity contribution is 0.0484. The van der Waals surface area contributed by atoms with Gasteiger partial charge in [0, 0.05) is 31.7 Å². The Hall–Kier alpha value is -0.860. The standard InChI is InChI=1S/C16H24N2/c1-13-3-5-14(6-4-13)11-18-10-9-17-12-16(18,2)15-7-8-15/h3-6,15,17H,7-12H2,1-2H3. The average molecular weight is 244 g/mol. The monoisotopic (exact) mass is 244 g/mol. The molecular formula is C16H24N2. The zero-order chi connectivity index (χ0) is 12.6. The van der Waals surface area contributed by atoms with Gasteiger partial charge in [-0.1, -0.05) is 29.8 Å². The number of hydrogen-bond acceptors (Lipinski definition) is 2. The molecule has 2 heteroatoms. The summed E-state index contributed by atoms with van der Waals surface area (Å²) in [7, 11) is 0. The van der Waals surface area contributed by atoms with Gasteiger partial charge >= 0.3 is 0 Å². The Bertz CT molecular complexity index is 408. The first-order valence-electron chi connectivity index (χ1n) is 7.20. The van der Waals surface area contributed by atoms with Crippen molar-refractivity contribution >= 4 is 0 Å². The largest absolute Gasteiger partial charge is 0.314 e. The summed E-state index contributed by atoms with van der Waals surface area (Å²) in [5.41, 5.74) is 3.18. The molecule has 1 saturated carbocycles. The Labute approximate surface area is 110 Å². The molecule has 2 fully saturated rings. The highest BCUT2D eigenvalue weighted by Gasteiger charge is 2.46. The first kappa shape index (κ1) is 12.2. The summed E-state index contributed by atoms with van der Waals surface area (Å²) in [6.07, 6.45) is 2.84. The van der Waals surface area contributed by atoms with Gasteiger partial charge in [0.2, 0.25) is 0 Å². The van der Waals surface area contributed by atoms with Gasteiger partial charge < -0.3 is 5.32 Å². The third-order valence-electron chi connectivity index (χ3n) is 4.71. The summed E-state index contributed by atoms with van der Waals surface area (Å²) in [6.45, 7) is 9.18. The molecule has 1 aliphatic heterocycles. The van der Waals surface area contributed by atoms with Gasteiger partial charge in [-0.15, -0.1) is 0 Å². The molecule has 2 nitrogen and oxygen atoms in total. The van der Waals surface area contributed by atoms with Crippen molar-refractivity contribution in [2.75, 3.05) is 19.6 Å². The van der Waals surface area contributed by atoms with Crippen molar-refractivity contribution in [3.05, 3.63) is 35.4 Å². The molecule has 1 aliphatic carbocycles. The van der Waals surface area contributed by atoms with E-state index in [2.05, 4.69) is 48.3 Å². The Balaban J connectivity index is 1.75. The molecule has 3 rings (SSSR count). The van der Waals surface area contributed by atoms with Crippen molar-refractivity contribution in [1.82, 2.24) is 10.2 Å². The van der Waals surface area contributed by atoms with E-state index in [1.165, 1.54) is 30.5 Å². The van der Waals surface area contributed by atoms with Gasteiger partial charge in [0.05, 0.1) is 0 Å². The van der Waals surface area contributed by atoms with Crippen LogP contribution in [0.5, 0.6) is 0 Å². The second kappa shape index (κ2) is 4.67. The minimum atomic E-state index is 0.378. The van der Waals surface area contributed by atoms with E-state index in [9.17, 15) is 0 Å². The van der Waals surface area contributed by atoms with Crippen molar-refractivity contribution in [2.24, 2.45) is 5.92 Å². The highest BCUT2D eigenvalue weighted by molar-refractivity contribution is 5.22. The average Bonchev–Trinajstić information content (AvgIpc) is 3.19. The third-order valence-corrected chi connectivity index (χ3v) is 4.71. The minimum absolute atomic E-state index is 0.378. The molecule has 0 aromatic heterocycles. The highest BCUT2D eigenvalue weighted by Crippen LogP contribution is 2.43. The van der Waals surface area contributed by atoms with Crippen molar-refractivity contribution in [3.63, 3.8) is 0 Å². The molecule has 1 N–H and O–H groups in total. The molecule has 98 valence electrons. The fourth-order valence-electron chi connectivity index (χ4n) is 3.20. The van der Waals surface area contributed by atoms with E-state index in [4.69, 9.17) is 0 Å². The van der Waals surface area contributed by atoms with E-state index in [0.29, 0.717) is 5.54 Å². The lowest BCUT2D eigenvalue weighted by Crippen LogP contribution is -2.60. The quantitative estimate of drug-likeness (QED) is 0.879. The zero-order valence-corrected chi connectivity index (χ0v) is 11.6. The summed E-state index contributed by atoms with van der Waals surface area (Å²) >= 11 is 0. The van der Waals surface area contributed by atoms with Crippen LogP contribution in [-0.4, -0.2) is 30.1 Å². The number of aryl methyl sites for hydroxylation is 1. The number of piperazine rings is 1. The van der Waals surface area contributed by atoms with Gasteiger partial charge in [-0.05, 0) is 38.2 Å². The summed E-state index contributed by atoms with van der Waals surface area (Å²) in [4.78, 5) is 2.70. The van der Waals surface area contributed by atoms with Crippen LogP contribution < -0.4 is 5.32 Å². The maximum absolute atomic E-state index is 3.58. The van der Waals surface area contributed by atoms with E-state index in [1.807, 2.05) is 0 Å². The van der Waals surface area contributed by atoms with Crippen LogP contribution in [0.3, 0.4) is 0 Å². The molecule has 1 aromatic rings. The smallest absolute Gasteiger partial charge is 0.0337 e. The highest BCUT2D eigenvalue weighted by atomic mass is 15.3. The molecule has 1 aromatic carbocycles. The van der Waals surface area contributed by atoms with Gasteiger partial charge in [0.15, 0.2) is 0 Å². The lowest BCUT2D eigenvalue weighted by Gasteiger charge is -2.46. The SMILES string of the molecule is Cc1ccc(CN2CCNCC2(C)C2CC2)cc1. The van der Waals surface area contributed by atoms with Crippen LogP contribution in [0.15, 0.2) is 24.3 Å². The molecule has 1 unspecified atom stereocenters. The van der Waals surface area contributed by atoms with Crippen LogP contribution in [0.4, 0.5) is 0 Å². The second-order valence-corrected chi connectivity index (χ2v) is 6.22. The van der Waals surface area contributed by atoms with Gasteiger partial charge in [-0.25, -0.2) is 0 Å². The number of nitrogens with zero attached hydrogens (tertiary/aromatic N) is 1. The maximum atomic E-state index is 3.58. The van der Waals surface area contributed by atoms with Crippen LogP contribution >= 0.6 is 0 Å². The first-order valence-corrected chi connectivity index (χ1v) is 7.20. The van der Waals surface area contributed by atoms with Crippen molar-refractivity contribution in [3.8, 4) is 0 Å². The number of nitrogens with one attached hydrogen (secondary N) is 1. The molecule has 2 aliphatic rings. The van der Waals surface area contributed by atoms with E-state index < -0.39 is 0 Å². The molecule has 1 saturated heterocycles. The van der Waals surface area contributed by atoms with E-state index in [-0.39, 0.29) is 0 Å². The number of benzene rings is 1. The second-order valence-electron chi connectivity index (χ2n) is 6.22. The summed E-state index contributed by atoms with van der Waals surface area (Å²) < 4.78 is 0. The van der Waals surface area contributed by atoms with Crippen LogP contribution in [-0.2, 0) is 6.54 Å². The summed E-state index contributed by atoms with van der Waals surface area (Å²) in [6, 6.07) is 9.02. The van der Waals surface area contributed by atoms with E-state index >= 15 is 0 Å². The van der Waals surface area contributed by atoms with Gasteiger partial charge in [-0.2, -0.15) is 0 Å². The minimum Gasteiger partial charge on any atom is -0.314 e. The maximum Gasteiger partial charge on any atom is 0.0337 e. The number of hydrogen-bond donors (Lipinski definition) is 1. The molecule has 0 radical (unpaired) electrons. The van der Waals surface area contributed by atoms with E-state index in [1.54, 1.807) is 0 Å². The summed E-state index contributed by atoms with van der Waals surface area (Å²) in [5, 5.41) is 3.58. The van der Waals surface area contributed by atoms with Crippen LogP contribution in [0.2, 0.25) is 0 Å². The lowest BCUT2D eigenvalue weighted by atomic mass is 9.90. The Kier molecular flexibility index (Phi) is 3.16. The normalized spacial score (nSPS) is 29.4. The topological polar surface area (TPSA) is 15.3 Å². The van der Waals surface area contributed by atoms with Gasteiger partial charge in [0.1, 0.15) is 0 Å². The third kappa shape index (κ3) is 2.32. The molecule has 0 bridgehead atoms. The van der Waals surface area contributed by atoms with Crippen LogP contribution in [0.1, 0.15) is 30.9 Å². The first-order chi connectivity index (χ1) is 8.68. The Morgan fingerprint density at radius 3 is 2.67 bits per heavy atom. The molecule has 1 heterocycles. The number of rotatable bonds is 3. The Morgan fingerprint density at radius 2 is 2.00 bits per heavy atom. The summed E-state index contributed by atoms with van der Waals surface area (Å²) in [5.74, 6) is 0.913. The van der Waals surface area contributed by atoms with Gasteiger partial charge in [-0.3, -0.25) is 4.90 Å². The van der Waals surface area contributed by atoms with Crippen molar-refractivity contribution < 1.29 is 0 Å². The zero-order valence-electron chi connectivity index (χ0n) is 11.6. The van der Waals surface area contributed by atoms with E-state index in [0.717, 1.165) is 25.6 Å². The molecule has 1 atom stereocenters. The van der Waals surface area contributed by atoms with Crippen LogP contribution in [0.25, 0.3) is 0 Å². The molecular weight excluding hydrogens is 220 g/mol. The fraction of sp³-hybridized carbons (Fsp3) is 0.625. The predicted molar refractivity (Wildman–Crippen MR) is 75.6 cm³/mol. The fourth-order valence-corrected chi connectivity index (χ4v) is 3.20. The Morgan fingerprint density at radius 1 is 1.28 bits per heavy atom. The van der Waals surface area contributed by atoms with Crippen molar-refractivity contribution in [2.45, 2.75) is 38.8 Å². The van der Waals surface area contributed by atoms with Crippen LogP contribution in [0, 0.1) is 12.8 Å². The van der Waals surface area contributed by atoms with Crippen molar-refractivity contribution in [1.29, 1.82) is 0 Å². The molecule has 0 amide bonds. The molecule has 18 heavy (non-hydrogen) atoms. The predicted octanol–water partition coefficient (Wildman–Crippen LogP) is 2.57.